The fraction of sp³-hybridized carbons (Fsp3) is 0.615. The van der Waals surface area contributed by atoms with Gasteiger partial charge in [0.2, 0.25) is 5.91 Å². The number of amides is 1. The molecule has 1 amide bonds. The van der Waals surface area contributed by atoms with Crippen molar-refractivity contribution < 1.29 is 4.79 Å². The number of carbonyl (C=O) groups excluding carboxylic acids is 1. The van der Waals surface area contributed by atoms with Crippen LogP contribution < -0.4 is 11.1 Å². The number of hydrogen-bond donors (Lipinski definition) is 2. The van der Waals surface area contributed by atoms with Gasteiger partial charge in [-0.05, 0) is 37.3 Å². The van der Waals surface area contributed by atoms with Gasteiger partial charge in [0.25, 0.3) is 0 Å². The predicted molar refractivity (Wildman–Crippen MR) is 74.6 cm³/mol. The van der Waals surface area contributed by atoms with Crippen LogP contribution in [0.5, 0.6) is 0 Å². The summed E-state index contributed by atoms with van der Waals surface area (Å²) in [6, 6.07) is 2.20. The third kappa shape index (κ3) is 3.31. The van der Waals surface area contributed by atoms with Gasteiger partial charge in [-0.3, -0.25) is 9.69 Å². The lowest BCUT2D eigenvalue weighted by molar-refractivity contribution is -0.125. The van der Waals surface area contributed by atoms with Crippen LogP contribution in [-0.2, 0) is 17.8 Å². The number of nitrogens with one attached hydrogen (secondary N) is 1. The molecule has 0 aliphatic carbocycles. The molecule has 0 aromatic carbocycles. The molecular formula is C13H21N3OS. The maximum Gasteiger partial charge on any atom is 0.239 e. The lowest BCUT2D eigenvalue weighted by atomic mass is 10.1. The second kappa shape index (κ2) is 5.38. The molecule has 4 nitrogen and oxygen atoms in total. The average molecular weight is 267 g/mol. The summed E-state index contributed by atoms with van der Waals surface area (Å²) in [5, 5.41) is 5.04. The van der Waals surface area contributed by atoms with Crippen molar-refractivity contribution in [1.29, 1.82) is 0 Å². The number of carbonyl (C=O) groups is 1. The molecule has 0 saturated carbocycles. The summed E-state index contributed by atoms with van der Waals surface area (Å²) in [7, 11) is 0. The summed E-state index contributed by atoms with van der Waals surface area (Å²) < 4.78 is 0. The van der Waals surface area contributed by atoms with Crippen LogP contribution in [0.3, 0.4) is 0 Å². The first-order chi connectivity index (χ1) is 8.47. The van der Waals surface area contributed by atoms with E-state index in [4.69, 9.17) is 5.73 Å². The van der Waals surface area contributed by atoms with Crippen molar-refractivity contribution >= 4 is 17.2 Å². The average Bonchev–Trinajstić information content (AvgIpc) is 2.74. The SMILES string of the molecule is CC(C)(N)C(=O)NCCN1CCc2sccc2C1. The molecule has 1 aliphatic rings. The zero-order valence-electron chi connectivity index (χ0n) is 11.0. The lowest BCUT2D eigenvalue weighted by Gasteiger charge is -2.27. The van der Waals surface area contributed by atoms with Crippen LogP contribution in [-0.4, -0.2) is 36.0 Å². The molecule has 1 aromatic heterocycles. The minimum atomic E-state index is -0.789. The third-order valence-corrected chi connectivity index (χ3v) is 4.21. The molecule has 0 saturated heterocycles. The Kier molecular flexibility index (Phi) is 4.04. The topological polar surface area (TPSA) is 58.4 Å². The second-order valence-electron chi connectivity index (χ2n) is 5.37. The van der Waals surface area contributed by atoms with Crippen molar-refractivity contribution in [2.24, 2.45) is 5.73 Å². The van der Waals surface area contributed by atoms with E-state index in [0.717, 1.165) is 26.1 Å². The summed E-state index contributed by atoms with van der Waals surface area (Å²) in [6.45, 7) is 7.08. The summed E-state index contributed by atoms with van der Waals surface area (Å²) in [4.78, 5) is 15.5. The van der Waals surface area contributed by atoms with E-state index in [2.05, 4.69) is 21.7 Å². The van der Waals surface area contributed by atoms with E-state index in [0.29, 0.717) is 6.54 Å². The van der Waals surface area contributed by atoms with Gasteiger partial charge in [0.1, 0.15) is 0 Å². The number of nitrogens with zero attached hydrogens (tertiary/aromatic N) is 1. The van der Waals surface area contributed by atoms with Gasteiger partial charge in [-0.1, -0.05) is 0 Å². The van der Waals surface area contributed by atoms with Gasteiger partial charge >= 0.3 is 0 Å². The van der Waals surface area contributed by atoms with Gasteiger partial charge in [-0.2, -0.15) is 0 Å². The maximum absolute atomic E-state index is 11.6. The smallest absolute Gasteiger partial charge is 0.239 e. The molecule has 0 atom stereocenters. The Morgan fingerprint density at radius 3 is 3.11 bits per heavy atom. The van der Waals surface area contributed by atoms with Crippen LogP contribution in [0.25, 0.3) is 0 Å². The summed E-state index contributed by atoms with van der Waals surface area (Å²) in [5.74, 6) is -0.0873. The van der Waals surface area contributed by atoms with Crippen LogP contribution in [0.15, 0.2) is 11.4 Å². The van der Waals surface area contributed by atoms with Crippen LogP contribution in [0.2, 0.25) is 0 Å². The lowest BCUT2D eigenvalue weighted by Crippen LogP contribution is -2.50. The van der Waals surface area contributed by atoms with Gasteiger partial charge in [0.15, 0.2) is 0 Å². The third-order valence-electron chi connectivity index (χ3n) is 3.19. The van der Waals surface area contributed by atoms with E-state index < -0.39 is 5.54 Å². The number of nitrogens with two attached hydrogens (primary N) is 1. The van der Waals surface area contributed by atoms with Crippen LogP contribution in [0.1, 0.15) is 24.3 Å². The minimum absolute atomic E-state index is 0.0873. The molecule has 0 radical (unpaired) electrons. The van der Waals surface area contributed by atoms with Crippen molar-refractivity contribution in [2.75, 3.05) is 19.6 Å². The minimum Gasteiger partial charge on any atom is -0.353 e. The van der Waals surface area contributed by atoms with E-state index >= 15 is 0 Å². The second-order valence-corrected chi connectivity index (χ2v) is 6.37. The van der Waals surface area contributed by atoms with Gasteiger partial charge in [-0.15, -0.1) is 11.3 Å². The van der Waals surface area contributed by atoms with Crippen molar-refractivity contribution in [3.8, 4) is 0 Å². The molecule has 100 valence electrons. The molecule has 0 unspecified atom stereocenters. The number of rotatable bonds is 4. The number of fused-ring (bicyclic) bond motifs is 1. The van der Waals surface area contributed by atoms with Crippen molar-refractivity contribution in [3.05, 3.63) is 21.9 Å². The highest BCUT2D eigenvalue weighted by Gasteiger charge is 2.22. The summed E-state index contributed by atoms with van der Waals surface area (Å²) >= 11 is 1.85. The van der Waals surface area contributed by atoms with E-state index in [1.165, 1.54) is 10.4 Å². The molecule has 0 bridgehead atoms. The quantitative estimate of drug-likeness (QED) is 0.854. The molecule has 2 rings (SSSR count). The highest BCUT2D eigenvalue weighted by atomic mass is 32.1. The van der Waals surface area contributed by atoms with E-state index in [1.54, 1.807) is 13.8 Å². The molecule has 5 heteroatoms. The molecule has 18 heavy (non-hydrogen) atoms. The monoisotopic (exact) mass is 267 g/mol. The zero-order chi connectivity index (χ0) is 13.2. The number of hydrogen-bond acceptors (Lipinski definition) is 4. The Balaban J connectivity index is 1.75. The molecule has 0 fully saturated rings. The fourth-order valence-corrected chi connectivity index (χ4v) is 2.94. The fourth-order valence-electron chi connectivity index (χ4n) is 2.05. The van der Waals surface area contributed by atoms with E-state index in [-0.39, 0.29) is 5.91 Å². The van der Waals surface area contributed by atoms with Gasteiger partial charge in [0.05, 0.1) is 5.54 Å². The maximum atomic E-state index is 11.6. The Morgan fingerprint density at radius 1 is 1.61 bits per heavy atom. The normalized spacial score (nSPS) is 16.4. The van der Waals surface area contributed by atoms with E-state index in [1.807, 2.05) is 11.3 Å². The van der Waals surface area contributed by atoms with Crippen LogP contribution >= 0.6 is 11.3 Å². The summed E-state index contributed by atoms with van der Waals surface area (Å²) in [6.07, 6.45) is 1.13. The van der Waals surface area contributed by atoms with Gasteiger partial charge in [-0.25, -0.2) is 0 Å². The highest BCUT2D eigenvalue weighted by Crippen LogP contribution is 2.23. The van der Waals surface area contributed by atoms with Crippen LogP contribution in [0.4, 0.5) is 0 Å². The first-order valence-electron chi connectivity index (χ1n) is 6.31. The molecule has 1 aromatic rings. The van der Waals surface area contributed by atoms with E-state index in [9.17, 15) is 4.79 Å². The van der Waals surface area contributed by atoms with Crippen molar-refractivity contribution in [1.82, 2.24) is 10.2 Å². The Hall–Kier alpha value is -0.910. The molecule has 3 N–H and O–H groups in total. The standard InChI is InChI=1S/C13H21N3OS/c1-13(2,14)12(17)15-5-7-16-6-3-11-10(9-16)4-8-18-11/h4,8H,3,5-7,9,14H2,1-2H3,(H,15,17). The number of thiophene rings is 1. The Morgan fingerprint density at radius 2 is 2.39 bits per heavy atom. The zero-order valence-corrected chi connectivity index (χ0v) is 11.8. The largest absolute Gasteiger partial charge is 0.353 e. The van der Waals surface area contributed by atoms with Crippen LogP contribution in [0, 0.1) is 0 Å². The molecular weight excluding hydrogens is 246 g/mol. The highest BCUT2D eigenvalue weighted by molar-refractivity contribution is 7.10. The Bertz CT molecular complexity index is 422. The molecule has 0 spiro atoms. The predicted octanol–water partition coefficient (Wildman–Crippen LogP) is 0.960. The Labute approximate surface area is 112 Å². The van der Waals surface area contributed by atoms with Crippen molar-refractivity contribution in [2.45, 2.75) is 32.4 Å². The van der Waals surface area contributed by atoms with Gasteiger partial charge in [0, 0.05) is 31.1 Å². The molecule has 1 aliphatic heterocycles. The first-order valence-corrected chi connectivity index (χ1v) is 7.19. The van der Waals surface area contributed by atoms with Crippen molar-refractivity contribution in [3.63, 3.8) is 0 Å². The molecule has 2 heterocycles. The van der Waals surface area contributed by atoms with Gasteiger partial charge < -0.3 is 11.1 Å². The first kappa shape index (κ1) is 13.5. The summed E-state index contributed by atoms with van der Waals surface area (Å²) in [5.41, 5.74) is 6.38.